The monoisotopic (exact) mass is 765 g/mol. The molecule has 280 valence electrons. The minimum Gasteiger partial charge on any atom is -0.377 e. The van der Waals surface area contributed by atoms with Crippen LogP contribution in [0.3, 0.4) is 0 Å². The molecule has 1 atom stereocenters. The highest BCUT2D eigenvalue weighted by Crippen LogP contribution is 2.37. The molecular formula is C42H36ClF4N7O. The van der Waals surface area contributed by atoms with Gasteiger partial charge in [-0.15, -0.1) is 0 Å². The molecule has 0 spiro atoms. The van der Waals surface area contributed by atoms with Gasteiger partial charge in [0.15, 0.2) is 0 Å². The van der Waals surface area contributed by atoms with Crippen molar-refractivity contribution in [3.63, 3.8) is 0 Å². The lowest BCUT2D eigenvalue weighted by molar-refractivity contribution is 0.0985. The molecule has 1 N–H and O–H groups in total. The number of aryl methyl sites for hydroxylation is 2. The highest BCUT2D eigenvalue weighted by molar-refractivity contribution is 6.36. The van der Waals surface area contributed by atoms with E-state index in [1.165, 1.54) is 12.1 Å². The topological polar surface area (TPSA) is 89.0 Å². The lowest BCUT2D eigenvalue weighted by Gasteiger charge is -2.34. The van der Waals surface area contributed by atoms with Gasteiger partial charge in [-0.25, -0.2) is 32.5 Å². The fourth-order valence-corrected chi connectivity index (χ4v) is 6.88. The van der Waals surface area contributed by atoms with Crippen molar-refractivity contribution >= 4 is 50.7 Å². The van der Waals surface area contributed by atoms with Gasteiger partial charge in [-0.3, -0.25) is 9.97 Å². The van der Waals surface area contributed by atoms with Crippen LogP contribution in [0, 0.1) is 51.0 Å². The van der Waals surface area contributed by atoms with Crippen molar-refractivity contribution in [3.05, 3.63) is 130 Å². The Morgan fingerprint density at radius 2 is 1.31 bits per heavy atom. The first-order chi connectivity index (χ1) is 26.4. The van der Waals surface area contributed by atoms with Crippen molar-refractivity contribution in [1.29, 1.82) is 0 Å². The van der Waals surface area contributed by atoms with E-state index in [1.807, 2.05) is 63.2 Å². The standard InChI is InChI=1S/C26H25F2N5O.C16H11ClF2N2/c1-15-7-8-29-21(11-15)25-17(3)26(24-19(28)12-18(27)13-20(24)30-25)32-22-5-4-6-23(31-22)33-9-10-34-14-16(33)2;1-8-3-4-20-13(5-8)16-9(2)15(17)14-11(19)6-10(18)7-12(14)21-16/h4-8,11-13,16H,9-10,14H2,1-3H3,(H,30,31,32);3-7H,1-2H3. The molecule has 13 heteroatoms. The molecule has 0 bridgehead atoms. The molecule has 5 aromatic heterocycles. The predicted molar refractivity (Wildman–Crippen MR) is 209 cm³/mol. The Morgan fingerprint density at radius 3 is 1.91 bits per heavy atom. The average molecular weight is 766 g/mol. The van der Waals surface area contributed by atoms with Gasteiger partial charge in [-0.05, 0) is 87.7 Å². The van der Waals surface area contributed by atoms with Crippen LogP contribution in [-0.2, 0) is 4.74 Å². The molecular weight excluding hydrogens is 730 g/mol. The molecule has 6 heterocycles. The summed E-state index contributed by atoms with van der Waals surface area (Å²) in [7, 11) is 0. The van der Waals surface area contributed by atoms with Crippen molar-refractivity contribution < 1.29 is 22.3 Å². The smallest absolute Gasteiger partial charge is 0.137 e. The number of fused-ring (bicyclic) bond motifs is 2. The second-order valence-corrected chi connectivity index (χ2v) is 13.9. The van der Waals surface area contributed by atoms with E-state index in [0.717, 1.165) is 35.6 Å². The van der Waals surface area contributed by atoms with E-state index in [2.05, 4.69) is 37.1 Å². The van der Waals surface area contributed by atoms with Crippen LogP contribution in [0.5, 0.6) is 0 Å². The van der Waals surface area contributed by atoms with Gasteiger partial charge in [0, 0.05) is 48.8 Å². The molecule has 8 nitrogen and oxygen atoms in total. The Kier molecular flexibility index (Phi) is 10.6. The largest absolute Gasteiger partial charge is 0.377 e. The summed E-state index contributed by atoms with van der Waals surface area (Å²) in [5.41, 5.74) is 6.57. The van der Waals surface area contributed by atoms with E-state index in [0.29, 0.717) is 58.6 Å². The van der Waals surface area contributed by atoms with Crippen LogP contribution in [0.2, 0.25) is 5.02 Å². The zero-order valence-corrected chi connectivity index (χ0v) is 31.4. The molecule has 7 aromatic rings. The number of ether oxygens (including phenoxy) is 1. The van der Waals surface area contributed by atoms with Crippen molar-refractivity contribution in [2.24, 2.45) is 0 Å². The summed E-state index contributed by atoms with van der Waals surface area (Å²) >= 11 is 6.25. The third kappa shape index (κ3) is 7.78. The first-order valence-corrected chi connectivity index (χ1v) is 17.9. The van der Waals surface area contributed by atoms with Gasteiger partial charge in [0.25, 0.3) is 0 Å². The maximum absolute atomic E-state index is 15.0. The maximum Gasteiger partial charge on any atom is 0.137 e. The molecule has 1 saturated heterocycles. The Bertz CT molecular complexity index is 2590. The van der Waals surface area contributed by atoms with Gasteiger partial charge >= 0.3 is 0 Å². The van der Waals surface area contributed by atoms with E-state index < -0.39 is 23.3 Å². The van der Waals surface area contributed by atoms with E-state index in [1.54, 1.807) is 19.3 Å². The maximum atomic E-state index is 15.0. The number of pyridine rings is 5. The minimum atomic E-state index is -0.714. The zero-order valence-electron chi connectivity index (χ0n) is 30.7. The number of aromatic nitrogens is 5. The van der Waals surface area contributed by atoms with Gasteiger partial charge in [0.1, 0.15) is 34.9 Å². The van der Waals surface area contributed by atoms with Gasteiger partial charge in [0.05, 0.1) is 74.5 Å². The molecule has 0 saturated carbocycles. The summed E-state index contributed by atoms with van der Waals surface area (Å²) in [6.07, 6.45) is 3.36. The molecule has 55 heavy (non-hydrogen) atoms. The Hall–Kier alpha value is -5.72. The summed E-state index contributed by atoms with van der Waals surface area (Å²) in [5, 5.41) is 3.87. The Balaban J connectivity index is 0.000000190. The second kappa shape index (κ2) is 15.6. The molecule has 0 radical (unpaired) electrons. The minimum absolute atomic E-state index is 0.131. The van der Waals surface area contributed by atoms with Gasteiger partial charge in [-0.2, -0.15) is 0 Å². The highest BCUT2D eigenvalue weighted by Gasteiger charge is 2.22. The first kappa shape index (κ1) is 37.6. The van der Waals surface area contributed by atoms with Crippen LogP contribution in [0.15, 0.2) is 79.1 Å². The number of hydrogen-bond donors (Lipinski definition) is 1. The normalized spacial score (nSPS) is 14.2. The van der Waals surface area contributed by atoms with Gasteiger partial charge < -0.3 is 15.0 Å². The third-order valence-electron chi connectivity index (χ3n) is 9.38. The predicted octanol–water partition coefficient (Wildman–Crippen LogP) is 10.4. The number of rotatable bonds is 5. The van der Waals surface area contributed by atoms with E-state index in [4.69, 9.17) is 21.3 Å². The van der Waals surface area contributed by atoms with Crippen LogP contribution >= 0.6 is 11.6 Å². The number of nitrogens with one attached hydrogen (secondary N) is 1. The summed E-state index contributed by atoms with van der Waals surface area (Å²) in [5.74, 6) is -1.40. The van der Waals surface area contributed by atoms with E-state index >= 15 is 4.39 Å². The fourth-order valence-electron chi connectivity index (χ4n) is 6.60. The quantitative estimate of drug-likeness (QED) is 0.173. The molecule has 0 amide bonds. The Labute approximate surface area is 320 Å². The van der Waals surface area contributed by atoms with E-state index in [-0.39, 0.29) is 32.9 Å². The first-order valence-electron chi connectivity index (χ1n) is 17.6. The van der Waals surface area contributed by atoms with Crippen molar-refractivity contribution in [3.8, 4) is 22.8 Å². The molecule has 1 fully saturated rings. The lowest BCUT2D eigenvalue weighted by atomic mass is 10.0. The van der Waals surface area contributed by atoms with Gasteiger partial charge in [0.2, 0.25) is 0 Å². The summed E-state index contributed by atoms with van der Waals surface area (Å²) < 4.78 is 62.0. The van der Waals surface area contributed by atoms with E-state index in [9.17, 15) is 13.2 Å². The number of morpholine rings is 1. The van der Waals surface area contributed by atoms with Crippen molar-refractivity contribution in [2.75, 3.05) is 30.0 Å². The lowest BCUT2D eigenvalue weighted by Crippen LogP contribution is -2.44. The van der Waals surface area contributed by atoms with Crippen LogP contribution in [0.4, 0.5) is 34.9 Å². The molecule has 0 aliphatic carbocycles. The Morgan fingerprint density at radius 1 is 0.727 bits per heavy atom. The molecule has 1 aliphatic heterocycles. The molecule has 1 unspecified atom stereocenters. The summed E-state index contributed by atoms with van der Waals surface area (Å²) in [6.45, 7) is 11.6. The zero-order chi connectivity index (χ0) is 39.0. The van der Waals surface area contributed by atoms with Crippen molar-refractivity contribution in [1.82, 2.24) is 24.9 Å². The number of hydrogen-bond acceptors (Lipinski definition) is 8. The second-order valence-electron chi connectivity index (χ2n) is 13.5. The summed E-state index contributed by atoms with van der Waals surface area (Å²) in [6, 6.07) is 17.5. The van der Waals surface area contributed by atoms with Crippen LogP contribution in [0.25, 0.3) is 44.6 Å². The molecule has 1 aliphatic rings. The SMILES string of the molecule is Cc1ccnc(-c2nc3cc(F)cc(F)c3c(Cl)c2C)c1.Cc1ccnc(-c2nc3cc(F)cc(F)c3c(Nc3cccc(N4CCOCC4C)n3)c2C)c1. The molecule has 8 rings (SSSR count). The van der Waals surface area contributed by atoms with Crippen molar-refractivity contribution in [2.45, 2.75) is 40.7 Å². The van der Waals surface area contributed by atoms with Crippen LogP contribution in [-0.4, -0.2) is 50.7 Å². The molecule has 2 aromatic carbocycles. The number of nitrogens with zero attached hydrogens (tertiary/aromatic N) is 6. The van der Waals surface area contributed by atoms with Crippen LogP contribution < -0.4 is 10.2 Å². The fraction of sp³-hybridized carbons (Fsp3) is 0.214. The number of halogens is 5. The third-order valence-corrected chi connectivity index (χ3v) is 9.85. The number of anilines is 3. The highest BCUT2D eigenvalue weighted by atomic mass is 35.5. The van der Waals surface area contributed by atoms with Gasteiger partial charge in [-0.1, -0.05) is 17.7 Å². The summed E-state index contributed by atoms with van der Waals surface area (Å²) in [4.78, 5) is 24.6. The van der Waals surface area contributed by atoms with Crippen LogP contribution in [0.1, 0.15) is 29.2 Å². The number of benzene rings is 2. The average Bonchev–Trinajstić information content (AvgIpc) is 3.14.